The predicted octanol–water partition coefficient (Wildman–Crippen LogP) is 4.23. The van der Waals surface area contributed by atoms with E-state index < -0.39 is 10.0 Å². The minimum atomic E-state index is -3.58. The summed E-state index contributed by atoms with van der Waals surface area (Å²) >= 11 is 3.31. The number of sulfonamides is 1. The quantitative estimate of drug-likeness (QED) is 0.800. The largest absolute Gasteiger partial charge is 0.496 e. The van der Waals surface area contributed by atoms with E-state index in [-0.39, 0.29) is 16.9 Å². The number of ether oxygens (including phenoxy) is 1. The Balaban J connectivity index is 2.11. The van der Waals surface area contributed by atoms with Gasteiger partial charge in [-0.2, -0.15) is 0 Å². The van der Waals surface area contributed by atoms with E-state index in [9.17, 15) is 8.42 Å². The second kappa shape index (κ2) is 7.25. The van der Waals surface area contributed by atoms with Crippen molar-refractivity contribution in [3.05, 3.63) is 58.1 Å². The van der Waals surface area contributed by atoms with Crippen LogP contribution in [0.5, 0.6) is 5.75 Å². The van der Waals surface area contributed by atoms with Gasteiger partial charge in [0.15, 0.2) is 0 Å². The molecule has 0 spiro atoms. The average Bonchev–Trinajstić information content (AvgIpc) is 2.52. The van der Waals surface area contributed by atoms with Crippen molar-refractivity contribution in [1.82, 2.24) is 4.72 Å². The molecule has 0 aliphatic carbocycles. The Kier molecular flexibility index (Phi) is 5.73. The fraction of sp³-hybridized carbons (Fsp3) is 0.333. The van der Waals surface area contributed by atoms with Crippen LogP contribution >= 0.6 is 15.9 Å². The summed E-state index contributed by atoms with van der Waals surface area (Å²) in [6, 6.07) is 12.6. The summed E-state index contributed by atoms with van der Waals surface area (Å²) in [6.45, 7) is 6.68. The molecule has 0 radical (unpaired) electrons. The van der Waals surface area contributed by atoms with Crippen molar-refractivity contribution in [2.75, 3.05) is 7.11 Å². The molecule has 0 amide bonds. The SMILES string of the molecule is COc1ccc(S(=O)(=O)NCc2ccc(C(C)(C)C)cc2)cc1Br. The molecule has 0 atom stereocenters. The van der Waals surface area contributed by atoms with E-state index in [0.717, 1.165) is 5.56 Å². The topological polar surface area (TPSA) is 55.4 Å². The molecule has 0 saturated carbocycles. The van der Waals surface area contributed by atoms with E-state index in [1.54, 1.807) is 6.07 Å². The van der Waals surface area contributed by atoms with Crippen LogP contribution in [0.3, 0.4) is 0 Å². The summed E-state index contributed by atoms with van der Waals surface area (Å²) in [7, 11) is -2.04. The van der Waals surface area contributed by atoms with Crippen LogP contribution in [0.4, 0.5) is 0 Å². The van der Waals surface area contributed by atoms with Crippen molar-refractivity contribution in [2.45, 2.75) is 37.6 Å². The van der Waals surface area contributed by atoms with Crippen molar-refractivity contribution in [2.24, 2.45) is 0 Å². The zero-order valence-electron chi connectivity index (χ0n) is 14.3. The molecule has 0 saturated heterocycles. The monoisotopic (exact) mass is 411 g/mol. The van der Waals surface area contributed by atoms with Crippen molar-refractivity contribution < 1.29 is 13.2 Å². The van der Waals surface area contributed by atoms with E-state index in [1.165, 1.54) is 24.8 Å². The summed E-state index contributed by atoms with van der Waals surface area (Å²) in [5, 5.41) is 0. The van der Waals surface area contributed by atoms with Crippen molar-refractivity contribution in [3.63, 3.8) is 0 Å². The fourth-order valence-corrected chi connectivity index (χ4v) is 3.93. The zero-order valence-corrected chi connectivity index (χ0v) is 16.7. The molecule has 24 heavy (non-hydrogen) atoms. The lowest BCUT2D eigenvalue weighted by atomic mass is 9.87. The Bertz CT molecular complexity index is 809. The van der Waals surface area contributed by atoms with E-state index in [1.807, 2.05) is 24.3 Å². The molecule has 0 heterocycles. The lowest BCUT2D eigenvalue weighted by molar-refractivity contribution is 0.411. The molecule has 0 fully saturated rings. The lowest BCUT2D eigenvalue weighted by Crippen LogP contribution is -2.23. The van der Waals surface area contributed by atoms with Crippen molar-refractivity contribution in [1.29, 1.82) is 0 Å². The Labute approximate surface area is 152 Å². The molecule has 2 rings (SSSR count). The molecule has 1 N–H and O–H groups in total. The number of rotatable bonds is 5. The minimum absolute atomic E-state index is 0.0768. The molecule has 0 aromatic heterocycles. The van der Waals surface area contributed by atoms with Gasteiger partial charge in [0, 0.05) is 6.54 Å². The van der Waals surface area contributed by atoms with Crippen molar-refractivity contribution >= 4 is 26.0 Å². The Morgan fingerprint density at radius 1 is 1.08 bits per heavy atom. The molecule has 0 aliphatic rings. The van der Waals surface area contributed by atoms with E-state index in [0.29, 0.717) is 10.2 Å². The number of hydrogen-bond donors (Lipinski definition) is 1. The second-order valence-corrected chi connectivity index (χ2v) is 9.19. The third-order valence-electron chi connectivity index (χ3n) is 3.72. The number of hydrogen-bond acceptors (Lipinski definition) is 3. The van der Waals surface area contributed by atoms with Gasteiger partial charge in [0.1, 0.15) is 5.75 Å². The standard InChI is InChI=1S/C18H22BrNO3S/c1-18(2,3)14-7-5-13(6-8-14)12-20-24(21,22)15-9-10-17(23-4)16(19)11-15/h5-11,20H,12H2,1-4H3. The molecular formula is C18H22BrNO3S. The van der Waals surface area contributed by atoms with Crippen molar-refractivity contribution in [3.8, 4) is 5.75 Å². The molecule has 0 bridgehead atoms. The highest BCUT2D eigenvalue weighted by molar-refractivity contribution is 9.10. The Hall–Kier alpha value is -1.37. The molecule has 4 nitrogen and oxygen atoms in total. The van der Waals surface area contributed by atoms with Gasteiger partial charge in [0.2, 0.25) is 10.0 Å². The zero-order chi connectivity index (χ0) is 18.0. The molecule has 2 aromatic carbocycles. The highest BCUT2D eigenvalue weighted by Crippen LogP contribution is 2.27. The third-order valence-corrected chi connectivity index (χ3v) is 5.74. The first-order chi connectivity index (χ1) is 11.1. The average molecular weight is 412 g/mol. The smallest absolute Gasteiger partial charge is 0.240 e. The van der Waals surface area contributed by atoms with Gasteiger partial charge < -0.3 is 4.74 Å². The van der Waals surface area contributed by atoms with Gasteiger partial charge in [-0.05, 0) is 50.7 Å². The molecule has 6 heteroatoms. The maximum absolute atomic E-state index is 12.4. The second-order valence-electron chi connectivity index (χ2n) is 6.57. The van der Waals surface area contributed by atoms with E-state index in [2.05, 4.69) is 41.4 Å². The van der Waals surface area contributed by atoms with Crippen LogP contribution in [0, 0.1) is 0 Å². The number of nitrogens with one attached hydrogen (secondary N) is 1. The van der Waals surface area contributed by atoms with E-state index in [4.69, 9.17) is 4.74 Å². The summed E-state index contributed by atoms with van der Waals surface area (Å²) < 4.78 is 33.2. The molecule has 130 valence electrons. The lowest BCUT2D eigenvalue weighted by Gasteiger charge is -2.19. The summed E-state index contributed by atoms with van der Waals surface area (Å²) in [4.78, 5) is 0.196. The summed E-state index contributed by atoms with van der Waals surface area (Å²) in [5.41, 5.74) is 2.21. The number of methoxy groups -OCH3 is 1. The highest BCUT2D eigenvalue weighted by Gasteiger charge is 2.16. The van der Waals surface area contributed by atoms with Crippen LogP contribution in [0.1, 0.15) is 31.9 Å². The van der Waals surface area contributed by atoms with Crippen LogP contribution in [0.15, 0.2) is 51.8 Å². The highest BCUT2D eigenvalue weighted by atomic mass is 79.9. The maximum Gasteiger partial charge on any atom is 0.240 e. The fourth-order valence-electron chi connectivity index (χ4n) is 2.20. The summed E-state index contributed by atoms with van der Waals surface area (Å²) in [5.74, 6) is 0.590. The van der Waals surface area contributed by atoms with Crippen LogP contribution in [0.2, 0.25) is 0 Å². The summed E-state index contributed by atoms with van der Waals surface area (Å²) in [6.07, 6.45) is 0. The van der Waals surface area contributed by atoms with Gasteiger partial charge in [-0.3, -0.25) is 0 Å². The van der Waals surface area contributed by atoms with Crippen LogP contribution in [0.25, 0.3) is 0 Å². The number of halogens is 1. The number of benzene rings is 2. The first-order valence-corrected chi connectivity index (χ1v) is 9.84. The predicted molar refractivity (Wildman–Crippen MR) is 99.9 cm³/mol. The van der Waals surface area contributed by atoms with Crippen LogP contribution in [-0.2, 0) is 22.0 Å². The maximum atomic E-state index is 12.4. The van der Waals surface area contributed by atoms with Crippen LogP contribution in [-0.4, -0.2) is 15.5 Å². The van der Waals surface area contributed by atoms with Gasteiger partial charge in [-0.1, -0.05) is 45.0 Å². The van der Waals surface area contributed by atoms with Crippen LogP contribution < -0.4 is 9.46 Å². The first kappa shape index (κ1) is 19.0. The van der Waals surface area contributed by atoms with Gasteiger partial charge >= 0.3 is 0 Å². The Morgan fingerprint density at radius 3 is 2.21 bits per heavy atom. The minimum Gasteiger partial charge on any atom is -0.496 e. The molecular weight excluding hydrogens is 390 g/mol. The molecule has 0 aliphatic heterocycles. The van der Waals surface area contributed by atoms with Gasteiger partial charge in [0.25, 0.3) is 0 Å². The normalized spacial score (nSPS) is 12.2. The van der Waals surface area contributed by atoms with E-state index >= 15 is 0 Å². The molecule has 2 aromatic rings. The Morgan fingerprint density at radius 2 is 1.71 bits per heavy atom. The van der Waals surface area contributed by atoms with Gasteiger partial charge in [0.05, 0.1) is 16.5 Å². The third kappa shape index (κ3) is 4.59. The first-order valence-electron chi connectivity index (χ1n) is 7.56. The molecule has 0 unspecified atom stereocenters. The van der Waals surface area contributed by atoms with Gasteiger partial charge in [-0.15, -0.1) is 0 Å². The van der Waals surface area contributed by atoms with Gasteiger partial charge in [-0.25, -0.2) is 13.1 Å².